The van der Waals surface area contributed by atoms with E-state index >= 15 is 0 Å². The third kappa shape index (κ3) is 6.37. The van der Waals surface area contributed by atoms with Crippen molar-refractivity contribution in [2.45, 2.75) is 52.2 Å². The lowest BCUT2D eigenvalue weighted by Gasteiger charge is -2.36. The number of nitrogens with one attached hydrogen (secondary N) is 1. The maximum Gasteiger partial charge on any atom is 0.223 e. The minimum Gasteiger partial charge on any atom is -0.493 e. The fraction of sp³-hybridized carbons (Fsp3) is 0.485. The van der Waals surface area contributed by atoms with E-state index in [1.54, 1.807) is 14.2 Å². The first-order valence-electron chi connectivity index (χ1n) is 15.0. The van der Waals surface area contributed by atoms with Crippen LogP contribution in [0, 0.1) is 13.8 Å². The van der Waals surface area contributed by atoms with Crippen LogP contribution in [0.25, 0.3) is 0 Å². The topological polar surface area (TPSA) is 83.1 Å². The summed E-state index contributed by atoms with van der Waals surface area (Å²) >= 11 is 0. The number of aromatic nitrogens is 2. The lowest BCUT2D eigenvalue weighted by molar-refractivity contribution is -0.113. The van der Waals surface area contributed by atoms with Crippen LogP contribution in [0.4, 0.5) is 11.6 Å². The first-order chi connectivity index (χ1) is 20.4. The molecule has 0 bridgehead atoms. The van der Waals surface area contributed by atoms with E-state index in [4.69, 9.17) is 9.47 Å². The summed E-state index contributed by atoms with van der Waals surface area (Å²) in [7, 11) is 3.31. The molecule has 2 aromatic carbocycles. The summed E-state index contributed by atoms with van der Waals surface area (Å²) in [6, 6.07) is 14.2. The average Bonchev–Trinajstić information content (AvgIpc) is 3.38. The standard InChI is InChI=1S/C33H44N6O3/c1-6-37-15-17-38(18-16-37)29-10-7-9-26-27(29)21-39(30(26)22-40)28(25-12-13-31(41-4)32(20-25)42-5)11-8-14-34-33-35-23(2)19-24(3)36-33/h7,9-10,12-13,19-20,22,28,30H,6,8,11,14-18,21H2,1-5H3,(H,34,35,36)/t28-,30?/m1/s1. The third-order valence-corrected chi connectivity index (χ3v) is 8.61. The Kier molecular flexibility index (Phi) is 9.59. The first-order valence-corrected chi connectivity index (χ1v) is 15.0. The van der Waals surface area contributed by atoms with Gasteiger partial charge in [-0.3, -0.25) is 4.90 Å². The molecular weight excluding hydrogens is 528 g/mol. The summed E-state index contributed by atoms with van der Waals surface area (Å²) in [5.41, 5.74) is 6.65. The van der Waals surface area contributed by atoms with Gasteiger partial charge in [-0.15, -0.1) is 0 Å². The highest BCUT2D eigenvalue weighted by atomic mass is 16.5. The molecule has 1 N–H and O–H groups in total. The molecule has 2 aliphatic heterocycles. The average molecular weight is 573 g/mol. The highest BCUT2D eigenvalue weighted by molar-refractivity contribution is 5.70. The number of carbonyl (C=O) groups is 1. The fourth-order valence-electron chi connectivity index (χ4n) is 6.44. The molecule has 42 heavy (non-hydrogen) atoms. The Morgan fingerprint density at radius 1 is 1.00 bits per heavy atom. The fourth-order valence-corrected chi connectivity index (χ4v) is 6.44. The van der Waals surface area contributed by atoms with Crippen LogP contribution in [0.15, 0.2) is 42.5 Å². The number of hydrogen-bond donors (Lipinski definition) is 1. The molecule has 9 nitrogen and oxygen atoms in total. The Morgan fingerprint density at radius 3 is 2.40 bits per heavy atom. The maximum absolute atomic E-state index is 12.8. The lowest BCUT2D eigenvalue weighted by Crippen LogP contribution is -2.46. The molecule has 3 aromatic rings. The third-order valence-electron chi connectivity index (χ3n) is 8.61. The summed E-state index contributed by atoms with van der Waals surface area (Å²) < 4.78 is 11.2. The number of aryl methyl sites for hydroxylation is 2. The number of likely N-dealkylation sites (N-methyl/N-ethyl adjacent to an activating group) is 1. The Balaban J connectivity index is 1.41. The molecule has 2 aliphatic rings. The van der Waals surface area contributed by atoms with Gasteiger partial charge in [0.15, 0.2) is 11.5 Å². The molecule has 3 heterocycles. The molecule has 0 amide bonds. The second-order valence-electron chi connectivity index (χ2n) is 11.2. The van der Waals surface area contributed by atoms with Gasteiger partial charge >= 0.3 is 0 Å². The van der Waals surface area contributed by atoms with Gasteiger partial charge in [0.2, 0.25) is 5.95 Å². The van der Waals surface area contributed by atoms with Crippen LogP contribution in [0.3, 0.4) is 0 Å². The van der Waals surface area contributed by atoms with Crippen LogP contribution in [-0.4, -0.2) is 79.5 Å². The maximum atomic E-state index is 12.8. The van der Waals surface area contributed by atoms with Gasteiger partial charge in [0, 0.05) is 62.4 Å². The molecule has 0 aliphatic carbocycles. The molecule has 224 valence electrons. The van der Waals surface area contributed by atoms with Crippen LogP contribution in [0.1, 0.15) is 59.9 Å². The highest BCUT2D eigenvalue weighted by Gasteiger charge is 2.37. The van der Waals surface area contributed by atoms with Crippen LogP contribution in [0.5, 0.6) is 11.5 Å². The van der Waals surface area contributed by atoms with Crippen molar-refractivity contribution in [2.24, 2.45) is 0 Å². The quantitative estimate of drug-likeness (QED) is 0.240. The normalized spacial score (nSPS) is 18.0. The Morgan fingerprint density at radius 2 is 1.74 bits per heavy atom. The zero-order valence-electron chi connectivity index (χ0n) is 25.6. The van der Waals surface area contributed by atoms with E-state index in [-0.39, 0.29) is 12.1 Å². The summed E-state index contributed by atoms with van der Waals surface area (Å²) in [4.78, 5) is 29.2. The molecule has 0 radical (unpaired) electrons. The van der Waals surface area contributed by atoms with Crippen molar-refractivity contribution in [3.63, 3.8) is 0 Å². The number of hydrogen-bond acceptors (Lipinski definition) is 9. The summed E-state index contributed by atoms with van der Waals surface area (Å²) in [6.07, 6.45) is 2.83. The van der Waals surface area contributed by atoms with Gasteiger partial charge in [-0.05, 0) is 74.2 Å². The van der Waals surface area contributed by atoms with Gasteiger partial charge in [-0.2, -0.15) is 0 Å². The number of anilines is 2. The van der Waals surface area contributed by atoms with Crippen molar-refractivity contribution in [2.75, 3.05) is 63.7 Å². The lowest BCUT2D eigenvalue weighted by atomic mass is 9.98. The Bertz CT molecular complexity index is 1350. The molecule has 5 rings (SSSR count). The van der Waals surface area contributed by atoms with Gasteiger partial charge in [-0.1, -0.05) is 25.1 Å². The molecule has 1 aromatic heterocycles. The second kappa shape index (κ2) is 13.5. The smallest absolute Gasteiger partial charge is 0.223 e. The second-order valence-corrected chi connectivity index (χ2v) is 11.2. The summed E-state index contributed by atoms with van der Waals surface area (Å²) in [5, 5.41) is 3.40. The molecule has 0 spiro atoms. The van der Waals surface area contributed by atoms with Gasteiger partial charge in [0.05, 0.1) is 20.3 Å². The molecule has 0 saturated carbocycles. The van der Waals surface area contributed by atoms with Crippen molar-refractivity contribution in [1.82, 2.24) is 19.8 Å². The minimum absolute atomic E-state index is 0.000779. The number of fused-ring (bicyclic) bond motifs is 1. The number of aldehydes is 1. The van der Waals surface area contributed by atoms with Gasteiger partial charge in [0.1, 0.15) is 6.29 Å². The van der Waals surface area contributed by atoms with E-state index in [0.29, 0.717) is 17.4 Å². The number of rotatable bonds is 12. The van der Waals surface area contributed by atoms with Crippen LogP contribution < -0.4 is 19.7 Å². The minimum atomic E-state index is -0.314. The number of benzene rings is 2. The van der Waals surface area contributed by atoms with Gasteiger partial charge < -0.3 is 29.4 Å². The predicted octanol–water partition coefficient (Wildman–Crippen LogP) is 4.94. The van der Waals surface area contributed by atoms with Crippen molar-refractivity contribution in [1.29, 1.82) is 0 Å². The van der Waals surface area contributed by atoms with Crippen molar-refractivity contribution in [3.05, 3.63) is 70.5 Å². The van der Waals surface area contributed by atoms with Crippen LogP contribution in [-0.2, 0) is 11.3 Å². The van der Waals surface area contributed by atoms with E-state index in [1.807, 2.05) is 26.0 Å². The van der Waals surface area contributed by atoms with E-state index in [1.165, 1.54) is 11.3 Å². The van der Waals surface area contributed by atoms with Crippen molar-refractivity contribution < 1.29 is 14.3 Å². The van der Waals surface area contributed by atoms with E-state index in [2.05, 4.69) is 67.2 Å². The molecule has 2 atom stereocenters. The largest absolute Gasteiger partial charge is 0.493 e. The van der Waals surface area contributed by atoms with E-state index in [0.717, 1.165) is 87.5 Å². The van der Waals surface area contributed by atoms with Gasteiger partial charge in [-0.25, -0.2) is 9.97 Å². The van der Waals surface area contributed by atoms with E-state index < -0.39 is 0 Å². The number of methoxy groups -OCH3 is 2. The Labute approximate surface area is 249 Å². The van der Waals surface area contributed by atoms with Crippen LogP contribution >= 0.6 is 0 Å². The number of nitrogens with zero attached hydrogens (tertiary/aromatic N) is 5. The van der Waals surface area contributed by atoms with Crippen molar-refractivity contribution in [3.8, 4) is 11.5 Å². The van der Waals surface area contributed by atoms with E-state index in [9.17, 15) is 4.79 Å². The van der Waals surface area contributed by atoms with Crippen LogP contribution in [0.2, 0.25) is 0 Å². The molecular formula is C33H44N6O3. The monoisotopic (exact) mass is 572 g/mol. The number of ether oxygens (including phenoxy) is 2. The predicted molar refractivity (Wildman–Crippen MR) is 167 cm³/mol. The van der Waals surface area contributed by atoms with Crippen molar-refractivity contribution >= 4 is 17.9 Å². The molecule has 9 heteroatoms. The zero-order valence-corrected chi connectivity index (χ0v) is 25.6. The zero-order chi connectivity index (χ0) is 29.6. The summed E-state index contributed by atoms with van der Waals surface area (Å²) in [6.45, 7) is 12.8. The molecule has 1 saturated heterocycles. The first kappa shape index (κ1) is 29.8. The number of carbonyl (C=O) groups excluding carboxylic acids is 1. The number of piperazine rings is 1. The SMILES string of the molecule is CCN1CCN(c2cccc3c2CN([C@H](CCCNc2nc(C)cc(C)n2)c2ccc(OC)c(OC)c2)C3C=O)CC1. The Hall–Kier alpha value is -3.69. The molecule has 1 unspecified atom stereocenters. The molecule has 1 fully saturated rings. The van der Waals surface area contributed by atoms with Gasteiger partial charge in [0.25, 0.3) is 0 Å². The highest BCUT2D eigenvalue weighted by Crippen LogP contribution is 2.45. The summed E-state index contributed by atoms with van der Waals surface area (Å²) in [5.74, 6) is 2.04.